The van der Waals surface area contributed by atoms with Crippen molar-refractivity contribution in [2.24, 2.45) is 16.7 Å². The molecule has 164 valence electrons. The van der Waals surface area contributed by atoms with Crippen molar-refractivity contribution >= 4 is 5.78 Å². The predicted octanol–water partition coefficient (Wildman–Crippen LogP) is -0.352. The third-order valence-electron chi connectivity index (χ3n) is 7.82. The van der Waals surface area contributed by atoms with Crippen molar-refractivity contribution in [1.29, 1.82) is 0 Å². The smallest absolute Gasteiger partial charge is 0.187 e. The van der Waals surface area contributed by atoms with E-state index >= 15 is 0 Å². The van der Waals surface area contributed by atoms with Gasteiger partial charge in [-0.1, -0.05) is 25.5 Å². The van der Waals surface area contributed by atoms with Gasteiger partial charge in [0.05, 0.1) is 18.1 Å². The first-order chi connectivity index (χ1) is 13.3. The fourth-order valence-electron chi connectivity index (χ4n) is 6.09. The van der Waals surface area contributed by atoms with E-state index in [1.165, 1.54) is 0 Å². The number of aliphatic hydroxyl groups is 5. The lowest BCUT2D eigenvalue weighted by Gasteiger charge is -2.52. The van der Waals surface area contributed by atoms with Crippen molar-refractivity contribution in [2.45, 2.75) is 88.9 Å². The average molecular weight is 412 g/mol. The van der Waals surface area contributed by atoms with E-state index in [2.05, 4.69) is 0 Å². The van der Waals surface area contributed by atoms with Crippen molar-refractivity contribution in [3.63, 3.8) is 0 Å². The highest BCUT2D eigenvalue weighted by molar-refractivity contribution is 5.92. The lowest BCUT2D eigenvalue weighted by molar-refractivity contribution is -0.330. The number of hydrogen-bond donors (Lipinski definition) is 5. The highest BCUT2D eigenvalue weighted by Gasteiger charge is 2.74. The topological polar surface area (TPSA) is 137 Å². The van der Waals surface area contributed by atoms with Gasteiger partial charge in [0.2, 0.25) is 0 Å². The summed E-state index contributed by atoms with van der Waals surface area (Å²) in [4.78, 5) is 13.4. The fourth-order valence-corrected chi connectivity index (χ4v) is 6.09. The second kappa shape index (κ2) is 6.32. The molecule has 29 heavy (non-hydrogen) atoms. The van der Waals surface area contributed by atoms with Crippen molar-refractivity contribution < 1.29 is 39.8 Å². The molecule has 8 nitrogen and oxygen atoms in total. The Morgan fingerprint density at radius 3 is 2.31 bits per heavy atom. The Bertz CT molecular complexity index is 737. The van der Waals surface area contributed by atoms with Gasteiger partial charge in [0.25, 0.3) is 0 Å². The molecule has 4 aliphatic rings. The fraction of sp³-hybridized carbons (Fsp3) is 0.857. The van der Waals surface area contributed by atoms with Crippen LogP contribution >= 0.6 is 0 Å². The summed E-state index contributed by atoms with van der Waals surface area (Å²) >= 11 is 0. The minimum atomic E-state index is -1.57. The van der Waals surface area contributed by atoms with Crippen molar-refractivity contribution in [2.75, 3.05) is 6.61 Å². The Morgan fingerprint density at radius 1 is 1.14 bits per heavy atom. The van der Waals surface area contributed by atoms with Crippen LogP contribution in [-0.2, 0) is 14.3 Å². The summed E-state index contributed by atoms with van der Waals surface area (Å²) in [6.45, 7) is 6.66. The Kier molecular flexibility index (Phi) is 4.66. The van der Waals surface area contributed by atoms with Gasteiger partial charge >= 0.3 is 0 Å². The first kappa shape index (κ1) is 21.4. The number of carbonyl (C=O) groups is 1. The van der Waals surface area contributed by atoms with E-state index in [9.17, 15) is 30.3 Å². The number of aliphatic hydroxyl groups excluding tert-OH is 4. The largest absolute Gasteiger partial charge is 0.394 e. The van der Waals surface area contributed by atoms with Crippen LogP contribution < -0.4 is 0 Å². The summed E-state index contributed by atoms with van der Waals surface area (Å²) < 4.78 is 11.8. The first-order valence-electron chi connectivity index (χ1n) is 10.3. The molecule has 0 aromatic heterocycles. The number of fused-ring (bicyclic) bond motifs is 1. The van der Waals surface area contributed by atoms with Gasteiger partial charge in [-0.3, -0.25) is 4.79 Å². The number of hydrogen-bond acceptors (Lipinski definition) is 8. The van der Waals surface area contributed by atoms with E-state index in [-0.39, 0.29) is 12.2 Å². The Morgan fingerprint density at radius 2 is 1.76 bits per heavy atom. The minimum Gasteiger partial charge on any atom is -0.394 e. The maximum absolute atomic E-state index is 13.4. The molecule has 0 aromatic carbocycles. The van der Waals surface area contributed by atoms with Gasteiger partial charge in [-0.05, 0) is 33.1 Å². The van der Waals surface area contributed by atoms with E-state index in [0.29, 0.717) is 0 Å². The molecule has 0 radical (unpaired) electrons. The SMILES string of the molecule is CC1=CC2(OC3OC(CO)C(O)C(O)C3O)CC(C)(C)C(=O)C2C(C)(O)C12CC2. The van der Waals surface area contributed by atoms with Gasteiger partial charge in [-0.15, -0.1) is 0 Å². The Hall–Kier alpha value is -0.870. The van der Waals surface area contributed by atoms with E-state index < -0.39 is 65.3 Å². The van der Waals surface area contributed by atoms with Gasteiger partial charge in [0.15, 0.2) is 6.29 Å². The van der Waals surface area contributed by atoms with E-state index in [0.717, 1.165) is 18.4 Å². The summed E-state index contributed by atoms with van der Waals surface area (Å²) in [6, 6.07) is 0. The molecule has 8 unspecified atom stereocenters. The third kappa shape index (κ3) is 2.74. The zero-order valence-corrected chi connectivity index (χ0v) is 17.3. The number of rotatable bonds is 3. The number of ether oxygens (including phenoxy) is 2. The lowest BCUT2D eigenvalue weighted by Crippen LogP contribution is -2.64. The molecule has 0 aromatic rings. The standard InChI is InChI=1S/C21H32O8/c1-10-7-21(29-17-14(25)13(24)12(23)11(8-22)28-17)9-18(2,3)16(26)15(21)19(4,27)20(10)5-6-20/h7,11-15,17,22-25,27H,5-6,8-9H2,1-4H3. The second-order valence-corrected chi connectivity index (χ2v) is 10.2. The molecule has 0 bridgehead atoms. The summed E-state index contributed by atoms with van der Waals surface area (Å²) in [5, 5.41) is 51.7. The van der Waals surface area contributed by atoms with E-state index in [1.54, 1.807) is 6.92 Å². The predicted molar refractivity (Wildman–Crippen MR) is 101 cm³/mol. The van der Waals surface area contributed by atoms with Crippen LogP contribution in [0.3, 0.4) is 0 Å². The summed E-state index contributed by atoms with van der Waals surface area (Å²) in [6.07, 6.45) is -3.37. The molecule has 1 heterocycles. The van der Waals surface area contributed by atoms with Crippen LogP contribution in [-0.4, -0.2) is 79.8 Å². The van der Waals surface area contributed by atoms with Gasteiger partial charge in [-0.2, -0.15) is 0 Å². The second-order valence-electron chi connectivity index (χ2n) is 10.2. The molecule has 8 atom stereocenters. The molecule has 1 spiro atoms. The highest BCUT2D eigenvalue weighted by atomic mass is 16.7. The maximum atomic E-state index is 13.4. The number of carbonyl (C=O) groups excluding carboxylic acids is 1. The Balaban J connectivity index is 1.76. The molecule has 5 N–H and O–H groups in total. The van der Waals surface area contributed by atoms with Crippen molar-refractivity contribution in [3.8, 4) is 0 Å². The molecule has 4 rings (SSSR count). The molecular weight excluding hydrogens is 380 g/mol. The van der Waals surface area contributed by atoms with Gasteiger partial charge < -0.3 is 35.0 Å². The zero-order valence-electron chi connectivity index (χ0n) is 17.3. The van der Waals surface area contributed by atoms with Crippen LogP contribution in [0.1, 0.15) is 47.0 Å². The average Bonchev–Trinajstić information content (AvgIpc) is 3.40. The summed E-state index contributed by atoms with van der Waals surface area (Å²) in [5.74, 6) is -0.967. The Labute approximate surface area is 170 Å². The highest BCUT2D eigenvalue weighted by Crippen LogP contribution is 2.69. The van der Waals surface area contributed by atoms with E-state index in [4.69, 9.17) is 9.47 Å². The molecule has 3 fully saturated rings. The molecule has 0 amide bonds. The van der Waals surface area contributed by atoms with Crippen LogP contribution in [0, 0.1) is 16.7 Å². The van der Waals surface area contributed by atoms with Crippen LogP contribution in [0.4, 0.5) is 0 Å². The van der Waals surface area contributed by atoms with Gasteiger partial charge in [0.1, 0.15) is 35.8 Å². The lowest BCUT2D eigenvalue weighted by atomic mass is 9.61. The third-order valence-corrected chi connectivity index (χ3v) is 7.82. The normalized spacial score (nSPS) is 50.4. The quantitative estimate of drug-likeness (QED) is 0.397. The van der Waals surface area contributed by atoms with Crippen LogP contribution in [0.25, 0.3) is 0 Å². The molecule has 1 aliphatic heterocycles. The van der Waals surface area contributed by atoms with Crippen LogP contribution in [0.5, 0.6) is 0 Å². The van der Waals surface area contributed by atoms with E-state index in [1.807, 2.05) is 26.8 Å². The van der Waals surface area contributed by atoms with Gasteiger partial charge in [-0.25, -0.2) is 0 Å². The van der Waals surface area contributed by atoms with Crippen molar-refractivity contribution in [1.82, 2.24) is 0 Å². The van der Waals surface area contributed by atoms with Gasteiger partial charge in [0, 0.05) is 10.8 Å². The molecule has 8 heteroatoms. The minimum absolute atomic E-state index is 0.109. The molecular formula is C21H32O8. The zero-order chi connectivity index (χ0) is 21.6. The van der Waals surface area contributed by atoms with Crippen molar-refractivity contribution in [3.05, 3.63) is 11.6 Å². The number of ketones is 1. The van der Waals surface area contributed by atoms with Crippen LogP contribution in [0.2, 0.25) is 0 Å². The van der Waals surface area contributed by atoms with Crippen LogP contribution in [0.15, 0.2) is 11.6 Å². The summed E-state index contributed by atoms with van der Waals surface area (Å²) in [7, 11) is 0. The molecule has 2 saturated carbocycles. The summed E-state index contributed by atoms with van der Waals surface area (Å²) in [5.41, 5.74) is -2.83. The monoisotopic (exact) mass is 412 g/mol. The molecule has 1 saturated heterocycles. The number of Topliss-reactive ketones (excluding diaryl/α,β-unsaturated/α-hetero) is 1. The first-order valence-corrected chi connectivity index (χ1v) is 10.3. The molecule has 3 aliphatic carbocycles. The maximum Gasteiger partial charge on any atom is 0.187 e.